The molecule has 0 radical (unpaired) electrons. The fraction of sp³-hybridized carbons (Fsp3) is 0.143. The third kappa shape index (κ3) is 4.83. The van der Waals surface area contributed by atoms with E-state index in [1.54, 1.807) is 24.5 Å². The van der Waals surface area contributed by atoms with Crippen molar-refractivity contribution in [3.63, 3.8) is 0 Å². The van der Waals surface area contributed by atoms with Gasteiger partial charge in [0.15, 0.2) is 0 Å². The Morgan fingerprint density at radius 1 is 1.10 bits per heavy atom. The van der Waals surface area contributed by atoms with Gasteiger partial charge in [-0.2, -0.15) is 10.5 Å². The predicted octanol–water partition coefficient (Wildman–Crippen LogP) is 4.41. The molecule has 0 saturated heterocycles. The summed E-state index contributed by atoms with van der Waals surface area (Å²) in [6.45, 7) is -0.719. The molecule has 0 unspecified atom stereocenters. The second-order valence-corrected chi connectivity index (χ2v) is 6.99. The van der Waals surface area contributed by atoms with Crippen molar-refractivity contribution in [1.29, 1.82) is 10.5 Å². The van der Waals surface area contributed by atoms with Crippen molar-refractivity contribution in [2.75, 3.05) is 12.3 Å². The largest absolute Gasteiger partial charge is 0.488 e. The fourth-order valence-corrected chi connectivity index (χ4v) is 3.63. The second-order valence-electron chi connectivity index (χ2n) is 6.03. The van der Waals surface area contributed by atoms with E-state index in [4.69, 9.17) is 10.5 Å². The quantitative estimate of drug-likeness (QED) is 0.561. The smallest absolute Gasteiger partial charge is 0.272 e. The van der Waals surface area contributed by atoms with E-state index in [0.29, 0.717) is 21.9 Å². The summed E-state index contributed by atoms with van der Waals surface area (Å²) >= 11 is 1.31. The first kappa shape index (κ1) is 21.0. The van der Waals surface area contributed by atoms with Crippen LogP contribution >= 0.6 is 11.8 Å². The zero-order valence-corrected chi connectivity index (χ0v) is 16.4. The maximum atomic E-state index is 12.3. The highest BCUT2D eigenvalue weighted by molar-refractivity contribution is 7.98. The Morgan fingerprint density at radius 3 is 2.43 bits per heavy atom. The highest BCUT2D eigenvalue weighted by Gasteiger charge is 2.20. The maximum absolute atomic E-state index is 12.3. The maximum Gasteiger partial charge on any atom is 0.272 e. The number of thioether (sulfide) groups is 1. The normalized spacial score (nSPS) is 10.4. The average molecular weight is 423 g/mol. The Kier molecular flexibility index (Phi) is 6.79. The summed E-state index contributed by atoms with van der Waals surface area (Å²) < 4.78 is 29.6. The van der Waals surface area contributed by atoms with Crippen LogP contribution in [0.25, 0.3) is 11.1 Å². The molecule has 0 bridgehead atoms. The molecule has 3 rings (SSSR count). The Hall–Kier alpha value is -3.69. The molecule has 0 fully saturated rings. The number of hydrogen-bond donors (Lipinski definition) is 1. The number of anilines is 1. The van der Waals surface area contributed by atoms with E-state index >= 15 is 0 Å². The molecule has 2 aromatic heterocycles. The molecular weight excluding hydrogens is 408 g/mol. The number of nitrogen functional groups attached to an aromatic ring is 1. The number of aromatic nitrogens is 2. The first-order chi connectivity index (χ1) is 14.5. The molecular formula is C21H15F2N5OS. The van der Waals surface area contributed by atoms with Gasteiger partial charge in [-0.05, 0) is 29.3 Å². The molecule has 0 aliphatic rings. The zero-order valence-electron chi connectivity index (χ0n) is 15.5. The monoisotopic (exact) mass is 423 g/mol. The van der Waals surface area contributed by atoms with Gasteiger partial charge in [-0.25, -0.2) is 13.8 Å². The van der Waals surface area contributed by atoms with Gasteiger partial charge in [0.05, 0.1) is 5.56 Å². The van der Waals surface area contributed by atoms with Crippen LogP contribution in [0.4, 0.5) is 14.6 Å². The van der Waals surface area contributed by atoms with Gasteiger partial charge in [0.2, 0.25) is 0 Å². The highest BCUT2D eigenvalue weighted by Crippen LogP contribution is 2.37. The van der Waals surface area contributed by atoms with E-state index < -0.39 is 13.0 Å². The van der Waals surface area contributed by atoms with Gasteiger partial charge < -0.3 is 10.5 Å². The Morgan fingerprint density at radius 2 is 1.83 bits per heavy atom. The lowest BCUT2D eigenvalue weighted by Crippen LogP contribution is -2.07. The van der Waals surface area contributed by atoms with Gasteiger partial charge in [0.1, 0.15) is 40.9 Å². The predicted molar refractivity (Wildman–Crippen MR) is 109 cm³/mol. The van der Waals surface area contributed by atoms with Gasteiger partial charge in [0, 0.05) is 23.7 Å². The molecule has 30 heavy (non-hydrogen) atoms. The van der Waals surface area contributed by atoms with Crippen molar-refractivity contribution >= 4 is 17.6 Å². The third-order valence-corrected chi connectivity index (χ3v) is 5.08. The first-order valence-corrected chi connectivity index (χ1v) is 9.68. The molecule has 0 aliphatic carbocycles. The number of nitrogens with two attached hydrogens (primary N) is 1. The molecule has 1 aromatic carbocycles. The van der Waals surface area contributed by atoms with Crippen LogP contribution in [-0.4, -0.2) is 23.0 Å². The second kappa shape index (κ2) is 9.68. The van der Waals surface area contributed by atoms with Crippen LogP contribution in [0.1, 0.15) is 16.7 Å². The summed E-state index contributed by atoms with van der Waals surface area (Å²) in [6.07, 6.45) is 0.796. The number of halogens is 2. The van der Waals surface area contributed by atoms with Crippen molar-refractivity contribution < 1.29 is 13.5 Å². The lowest BCUT2D eigenvalue weighted by atomic mass is 9.97. The van der Waals surface area contributed by atoms with Gasteiger partial charge in [-0.3, -0.25) is 4.98 Å². The summed E-state index contributed by atoms with van der Waals surface area (Å²) in [5.41, 5.74) is 8.12. The Bertz CT molecular complexity index is 1110. The van der Waals surface area contributed by atoms with Crippen molar-refractivity contribution in [3.05, 3.63) is 65.5 Å². The fourth-order valence-electron chi connectivity index (χ4n) is 2.70. The molecule has 150 valence electrons. The zero-order chi connectivity index (χ0) is 21.5. The topological polar surface area (TPSA) is 109 Å². The minimum absolute atomic E-state index is 0.0122. The van der Waals surface area contributed by atoms with Crippen LogP contribution in [0.2, 0.25) is 0 Å². The molecule has 0 spiro atoms. The standard InChI is InChI=1S/C21H15F2N5OS/c22-18(23)11-29-15-5-3-14(4-6-15)19-16(8-24)20(26)28-21(17(19)9-25)30-12-13-2-1-7-27-10-13/h1-7,10,18H,11-12H2,(H2,26,28). The number of pyridine rings is 2. The number of nitriles is 2. The summed E-state index contributed by atoms with van der Waals surface area (Å²) in [4.78, 5) is 8.31. The van der Waals surface area contributed by atoms with E-state index in [1.807, 2.05) is 18.2 Å². The molecule has 0 saturated carbocycles. The molecule has 6 nitrogen and oxygen atoms in total. The van der Waals surface area contributed by atoms with Gasteiger partial charge in [-0.15, -0.1) is 11.8 Å². The molecule has 2 heterocycles. The van der Waals surface area contributed by atoms with Crippen LogP contribution < -0.4 is 10.5 Å². The summed E-state index contributed by atoms with van der Waals surface area (Å²) in [6, 6.07) is 14.0. The highest BCUT2D eigenvalue weighted by atomic mass is 32.2. The number of benzene rings is 1. The number of alkyl halides is 2. The molecule has 0 atom stereocenters. The van der Waals surface area contributed by atoms with Crippen molar-refractivity contribution in [3.8, 4) is 29.0 Å². The summed E-state index contributed by atoms with van der Waals surface area (Å²) in [7, 11) is 0. The lowest BCUT2D eigenvalue weighted by molar-refractivity contribution is 0.0819. The molecule has 3 aromatic rings. The van der Waals surface area contributed by atoms with Crippen molar-refractivity contribution in [1.82, 2.24) is 9.97 Å². The first-order valence-electron chi connectivity index (χ1n) is 8.70. The van der Waals surface area contributed by atoms with E-state index in [2.05, 4.69) is 16.0 Å². The average Bonchev–Trinajstić information content (AvgIpc) is 2.76. The SMILES string of the molecule is N#Cc1c(N)nc(SCc2cccnc2)c(C#N)c1-c1ccc(OCC(F)F)cc1. The van der Waals surface area contributed by atoms with E-state index in [0.717, 1.165) is 5.56 Å². The number of hydrogen-bond acceptors (Lipinski definition) is 7. The number of nitrogens with zero attached hydrogens (tertiary/aromatic N) is 4. The Labute approximate surface area is 176 Å². The molecule has 9 heteroatoms. The number of rotatable bonds is 7. The minimum Gasteiger partial charge on any atom is -0.488 e. The van der Waals surface area contributed by atoms with Crippen LogP contribution in [0.15, 0.2) is 53.8 Å². The van der Waals surface area contributed by atoms with E-state index in [1.165, 1.54) is 23.9 Å². The lowest BCUT2D eigenvalue weighted by Gasteiger charge is -2.13. The molecule has 2 N–H and O–H groups in total. The van der Waals surface area contributed by atoms with Crippen molar-refractivity contribution in [2.24, 2.45) is 0 Å². The summed E-state index contributed by atoms with van der Waals surface area (Å²) in [5, 5.41) is 19.8. The van der Waals surface area contributed by atoms with E-state index in [9.17, 15) is 19.3 Å². The third-order valence-electron chi connectivity index (χ3n) is 4.03. The molecule has 0 aliphatic heterocycles. The summed E-state index contributed by atoms with van der Waals surface area (Å²) in [5.74, 6) is 0.781. The molecule has 0 amide bonds. The number of ether oxygens (including phenoxy) is 1. The van der Waals surface area contributed by atoms with Crippen LogP contribution in [0.3, 0.4) is 0 Å². The van der Waals surface area contributed by atoms with Gasteiger partial charge >= 0.3 is 0 Å². The van der Waals surface area contributed by atoms with Crippen LogP contribution in [0, 0.1) is 22.7 Å². The van der Waals surface area contributed by atoms with Crippen LogP contribution in [-0.2, 0) is 5.75 Å². The van der Waals surface area contributed by atoms with E-state index in [-0.39, 0.29) is 22.7 Å². The Balaban J connectivity index is 1.99. The van der Waals surface area contributed by atoms with Crippen molar-refractivity contribution in [2.45, 2.75) is 17.2 Å². The van der Waals surface area contributed by atoms with Gasteiger partial charge in [0.25, 0.3) is 6.43 Å². The van der Waals surface area contributed by atoms with Gasteiger partial charge in [-0.1, -0.05) is 18.2 Å². The minimum atomic E-state index is -2.58. The van der Waals surface area contributed by atoms with Crippen LogP contribution in [0.5, 0.6) is 5.75 Å².